The number of rotatable bonds is 1. The van der Waals surface area contributed by atoms with Crippen LogP contribution in [0.2, 0.25) is 0 Å². The van der Waals surface area contributed by atoms with Crippen LogP contribution in [0.1, 0.15) is 0 Å². The summed E-state index contributed by atoms with van der Waals surface area (Å²) in [6.45, 7) is 0. The van der Waals surface area contributed by atoms with Crippen LogP contribution in [0.25, 0.3) is 11.0 Å². The Morgan fingerprint density at radius 2 is 1.82 bits per heavy atom. The van der Waals surface area contributed by atoms with Gasteiger partial charge in [-0.2, -0.15) is 0 Å². The van der Waals surface area contributed by atoms with E-state index < -0.39 is 9.84 Å². The zero-order valence-corrected chi connectivity index (χ0v) is 14.4. The lowest BCUT2D eigenvalue weighted by atomic mass is 10.3. The lowest BCUT2D eigenvalue weighted by Gasteiger charge is -2.02. The van der Waals surface area contributed by atoms with Gasteiger partial charge in [0.05, 0.1) is 9.99 Å². The zero-order valence-electron chi connectivity index (χ0n) is 8.83. The van der Waals surface area contributed by atoms with Crippen molar-refractivity contribution in [2.75, 3.05) is 6.26 Å². The fraction of sp³-hybridized carbons (Fsp3) is 0.222. The Balaban J connectivity index is 2.98. The summed E-state index contributed by atoms with van der Waals surface area (Å²) in [7, 11) is -1.66. The molecule has 0 atom stereocenters. The fourth-order valence-corrected chi connectivity index (χ4v) is 3.88. The van der Waals surface area contributed by atoms with Gasteiger partial charge in [0, 0.05) is 22.2 Å². The molecule has 0 bridgehead atoms. The standard InChI is InChI=1S/C9H7Br3N2O2S/c1-14-5-3-4(10)6(11)7(12)8(5)13-9(14)17(2,15)16/h3H,1-2H3. The normalized spacial score (nSPS) is 12.3. The maximum absolute atomic E-state index is 11.6. The monoisotopic (exact) mass is 444 g/mol. The molecule has 1 aromatic carbocycles. The first-order valence-corrected chi connectivity index (χ1v) is 8.70. The molecule has 4 nitrogen and oxygen atoms in total. The Hall–Kier alpha value is 0.0800. The molecule has 0 amide bonds. The highest BCUT2D eigenvalue weighted by molar-refractivity contribution is 9.14. The van der Waals surface area contributed by atoms with Crippen molar-refractivity contribution in [3.05, 3.63) is 19.5 Å². The van der Waals surface area contributed by atoms with E-state index in [1.54, 1.807) is 11.6 Å². The lowest BCUT2D eigenvalue weighted by molar-refractivity contribution is 0.587. The number of benzene rings is 1. The fourth-order valence-electron chi connectivity index (χ4n) is 1.54. The molecule has 2 rings (SSSR count). The van der Waals surface area contributed by atoms with Crippen molar-refractivity contribution in [2.45, 2.75) is 5.16 Å². The van der Waals surface area contributed by atoms with Crippen molar-refractivity contribution in [3.63, 3.8) is 0 Å². The second-order valence-electron chi connectivity index (χ2n) is 3.58. The van der Waals surface area contributed by atoms with Gasteiger partial charge in [-0.25, -0.2) is 13.4 Å². The number of aromatic nitrogens is 2. The van der Waals surface area contributed by atoms with Crippen molar-refractivity contribution in [1.82, 2.24) is 9.55 Å². The van der Waals surface area contributed by atoms with Crippen molar-refractivity contribution in [2.24, 2.45) is 7.05 Å². The Labute approximate surface area is 124 Å². The summed E-state index contributed by atoms with van der Waals surface area (Å²) < 4.78 is 27.1. The van der Waals surface area contributed by atoms with E-state index in [9.17, 15) is 8.42 Å². The quantitative estimate of drug-likeness (QED) is 0.632. The molecule has 2 aromatic rings. The van der Waals surface area contributed by atoms with E-state index in [1.165, 1.54) is 0 Å². The Bertz CT molecular complexity index is 722. The van der Waals surface area contributed by atoms with Crippen molar-refractivity contribution >= 4 is 68.7 Å². The van der Waals surface area contributed by atoms with Crippen LogP contribution in [0.15, 0.2) is 24.6 Å². The molecule has 0 spiro atoms. The van der Waals surface area contributed by atoms with Crippen LogP contribution in [0, 0.1) is 0 Å². The first-order valence-electron chi connectivity index (χ1n) is 4.43. The van der Waals surface area contributed by atoms with Gasteiger partial charge in [-0.1, -0.05) is 0 Å². The SMILES string of the molecule is Cn1c(S(C)(=O)=O)nc2c(Br)c(Br)c(Br)cc21. The maximum atomic E-state index is 11.6. The number of aryl methyl sites for hydroxylation is 1. The van der Waals surface area contributed by atoms with E-state index in [-0.39, 0.29) is 5.16 Å². The number of imidazole rings is 1. The lowest BCUT2D eigenvalue weighted by Crippen LogP contribution is -2.05. The van der Waals surface area contributed by atoms with E-state index in [2.05, 4.69) is 52.8 Å². The molecular weight excluding hydrogens is 440 g/mol. The molecule has 17 heavy (non-hydrogen) atoms. The van der Waals surface area contributed by atoms with Gasteiger partial charge in [-0.3, -0.25) is 0 Å². The van der Waals surface area contributed by atoms with Crippen LogP contribution in [0.5, 0.6) is 0 Å². The highest BCUT2D eigenvalue weighted by Crippen LogP contribution is 2.37. The molecule has 1 heterocycles. The van der Waals surface area contributed by atoms with Crippen LogP contribution < -0.4 is 0 Å². The largest absolute Gasteiger partial charge is 0.318 e. The van der Waals surface area contributed by atoms with Crippen LogP contribution in [-0.2, 0) is 16.9 Å². The number of hydrogen-bond donors (Lipinski definition) is 0. The summed E-state index contributed by atoms with van der Waals surface area (Å²) in [5.74, 6) is 0. The molecule has 0 N–H and O–H groups in total. The van der Waals surface area contributed by atoms with Crippen molar-refractivity contribution < 1.29 is 8.42 Å². The predicted octanol–water partition coefficient (Wildman–Crippen LogP) is 3.26. The molecule has 0 aliphatic rings. The van der Waals surface area contributed by atoms with Gasteiger partial charge < -0.3 is 4.57 Å². The Kier molecular flexibility index (Phi) is 3.44. The van der Waals surface area contributed by atoms with Gasteiger partial charge in [0.2, 0.25) is 15.0 Å². The third kappa shape index (κ3) is 2.20. The molecule has 1 aromatic heterocycles. The van der Waals surface area contributed by atoms with Crippen molar-refractivity contribution in [1.29, 1.82) is 0 Å². The van der Waals surface area contributed by atoms with Crippen LogP contribution in [0.4, 0.5) is 0 Å². The van der Waals surface area contributed by atoms with Crippen LogP contribution in [-0.4, -0.2) is 24.2 Å². The van der Waals surface area contributed by atoms with Gasteiger partial charge >= 0.3 is 0 Å². The Morgan fingerprint density at radius 1 is 1.24 bits per heavy atom. The topological polar surface area (TPSA) is 52.0 Å². The average molecular weight is 447 g/mol. The number of nitrogens with zero attached hydrogens (tertiary/aromatic N) is 2. The molecule has 0 radical (unpaired) electrons. The Morgan fingerprint density at radius 3 is 2.35 bits per heavy atom. The van der Waals surface area contributed by atoms with E-state index >= 15 is 0 Å². The molecule has 92 valence electrons. The second kappa shape index (κ2) is 4.32. The van der Waals surface area contributed by atoms with Gasteiger partial charge in [-0.05, 0) is 53.9 Å². The maximum Gasteiger partial charge on any atom is 0.228 e. The molecule has 8 heteroatoms. The third-order valence-electron chi connectivity index (χ3n) is 2.30. The van der Waals surface area contributed by atoms with Crippen LogP contribution >= 0.6 is 47.8 Å². The molecule has 0 aliphatic heterocycles. The van der Waals surface area contributed by atoms with E-state index in [0.29, 0.717) is 5.52 Å². The second-order valence-corrected chi connectivity index (χ2v) is 7.93. The molecule has 0 fully saturated rings. The zero-order chi connectivity index (χ0) is 13.0. The molecule has 0 saturated carbocycles. The number of halogens is 3. The minimum absolute atomic E-state index is 0.0539. The first kappa shape index (κ1) is 13.5. The summed E-state index contributed by atoms with van der Waals surface area (Å²) >= 11 is 10.2. The minimum atomic E-state index is -3.34. The number of sulfone groups is 1. The first-order chi connectivity index (χ1) is 7.73. The van der Waals surface area contributed by atoms with Gasteiger partial charge in [-0.15, -0.1) is 0 Å². The van der Waals surface area contributed by atoms with E-state index in [4.69, 9.17) is 0 Å². The van der Waals surface area contributed by atoms with Crippen molar-refractivity contribution in [3.8, 4) is 0 Å². The molecule has 0 unspecified atom stereocenters. The summed E-state index contributed by atoms with van der Waals surface area (Å²) in [5, 5.41) is 0.0539. The van der Waals surface area contributed by atoms with E-state index in [0.717, 1.165) is 25.2 Å². The number of hydrogen-bond acceptors (Lipinski definition) is 3. The van der Waals surface area contributed by atoms with Gasteiger partial charge in [0.25, 0.3) is 0 Å². The summed E-state index contributed by atoms with van der Waals surface area (Å²) in [6.07, 6.45) is 1.15. The number of fused-ring (bicyclic) bond motifs is 1. The summed E-state index contributed by atoms with van der Waals surface area (Å²) in [5.41, 5.74) is 1.36. The third-order valence-corrected chi connectivity index (χ3v) is 6.62. The van der Waals surface area contributed by atoms with Crippen LogP contribution in [0.3, 0.4) is 0 Å². The smallest absolute Gasteiger partial charge is 0.228 e. The van der Waals surface area contributed by atoms with E-state index in [1.807, 2.05) is 6.07 Å². The average Bonchev–Trinajstić information content (AvgIpc) is 2.53. The predicted molar refractivity (Wildman–Crippen MR) is 76.9 cm³/mol. The molecular formula is C9H7Br3N2O2S. The molecule has 0 aliphatic carbocycles. The minimum Gasteiger partial charge on any atom is -0.318 e. The highest BCUT2D eigenvalue weighted by Gasteiger charge is 2.20. The summed E-state index contributed by atoms with van der Waals surface area (Å²) in [6, 6.07) is 1.83. The van der Waals surface area contributed by atoms with Gasteiger partial charge in [0.1, 0.15) is 5.52 Å². The summed E-state index contributed by atoms with van der Waals surface area (Å²) in [4.78, 5) is 4.16. The highest BCUT2D eigenvalue weighted by atomic mass is 79.9. The molecule has 0 saturated heterocycles. The van der Waals surface area contributed by atoms with Gasteiger partial charge in [0.15, 0.2) is 0 Å².